The Morgan fingerprint density at radius 3 is 2.22 bits per heavy atom. The zero-order valence-electron chi connectivity index (χ0n) is 20.1. The Morgan fingerprint density at radius 1 is 0.875 bits per heavy atom. The highest BCUT2D eigenvalue weighted by Gasteiger charge is 2.46. The standard InChI is InChI=1S/C30H35N2/c1-6-32(7-2)26-17-14-24(15-18-26)16-20-29-30(4,22-25-11-9-8-10-12-25)27-21-23(3)13-19-28(27)31(29)5/h8-21H,6-7,22H2,1-5H3/q+1. The van der Waals surface area contributed by atoms with Gasteiger partial charge in [0.25, 0.3) is 0 Å². The maximum Gasteiger partial charge on any atom is 0.209 e. The fraction of sp³-hybridized carbons (Fsp3) is 0.300. The highest BCUT2D eigenvalue weighted by atomic mass is 15.1. The average molecular weight is 424 g/mol. The van der Waals surface area contributed by atoms with Crippen LogP contribution in [0.5, 0.6) is 0 Å². The molecule has 0 N–H and O–H groups in total. The minimum Gasteiger partial charge on any atom is -0.372 e. The Hall–Kier alpha value is -3.13. The predicted molar refractivity (Wildman–Crippen MR) is 139 cm³/mol. The van der Waals surface area contributed by atoms with E-state index in [-0.39, 0.29) is 5.41 Å². The molecule has 0 aromatic heterocycles. The van der Waals surface area contributed by atoms with Crippen LogP contribution in [0.3, 0.4) is 0 Å². The topological polar surface area (TPSA) is 6.25 Å². The summed E-state index contributed by atoms with van der Waals surface area (Å²) in [5.74, 6) is 0. The molecule has 1 atom stereocenters. The first-order valence-corrected chi connectivity index (χ1v) is 11.8. The van der Waals surface area contributed by atoms with Gasteiger partial charge in [-0.3, -0.25) is 0 Å². The van der Waals surface area contributed by atoms with E-state index in [0.29, 0.717) is 0 Å². The average Bonchev–Trinajstić information content (AvgIpc) is 3.00. The molecule has 2 heteroatoms. The maximum atomic E-state index is 2.39. The van der Waals surface area contributed by atoms with Crippen molar-refractivity contribution in [3.8, 4) is 0 Å². The minimum absolute atomic E-state index is 0.0743. The number of anilines is 1. The van der Waals surface area contributed by atoms with Gasteiger partial charge in [-0.05, 0) is 69.5 Å². The van der Waals surface area contributed by atoms with Crippen molar-refractivity contribution < 1.29 is 4.58 Å². The van der Waals surface area contributed by atoms with Crippen molar-refractivity contribution in [3.63, 3.8) is 0 Å². The first kappa shape index (κ1) is 22.1. The molecule has 0 fully saturated rings. The highest BCUT2D eigenvalue weighted by molar-refractivity contribution is 6.05. The summed E-state index contributed by atoms with van der Waals surface area (Å²) in [6.45, 7) is 11.1. The first-order valence-electron chi connectivity index (χ1n) is 11.8. The molecule has 0 aliphatic carbocycles. The van der Waals surface area contributed by atoms with Crippen molar-refractivity contribution in [1.29, 1.82) is 0 Å². The molecule has 1 aliphatic heterocycles. The van der Waals surface area contributed by atoms with Gasteiger partial charge in [-0.15, -0.1) is 0 Å². The SMILES string of the molecule is CCN(CC)c1ccc(/C=C/C2=[N+](C)c3ccc(C)cc3C2(C)Cc2ccccc2)cc1. The van der Waals surface area contributed by atoms with Crippen LogP contribution < -0.4 is 4.90 Å². The second-order valence-corrected chi connectivity index (χ2v) is 9.06. The van der Waals surface area contributed by atoms with E-state index in [1.807, 2.05) is 0 Å². The molecule has 1 aliphatic rings. The van der Waals surface area contributed by atoms with E-state index in [1.54, 1.807) is 0 Å². The van der Waals surface area contributed by atoms with Crippen LogP contribution in [0.25, 0.3) is 6.08 Å². The largest absolute Gasteiger partial charge is 0.372 e. The molecule has 3 aromatic rings. The van der Waals surface area contributed by atoms with Gasteiger partial charge in [0.2, 0.25) is 5.69 Å². The Balaban J connectivity index is 1.70. The third-order valence-corrected chi connectivity index (χ3v) is 6.89. The van der Waals surface area contributed by atoms with E-state index < -0.39 is 0 Å². The van der Waals surface area contributed by atoms with E-state index in [9.17, 15) is 0 Å². The van der Waals surface area contributed by atoms with Crippen molar-refractivity contribution in [1.82, 2.24) is 0 Å². The number of benzene rings is 3. The Kier molecular flexibility index (Phi) is 6.32. The number of hydrogen-bond acceptors (Lipinski definition) is 1. The Morgan fingerprint density at radius 2 is 1.56 bits per heavy atom. The second-order valence-electron chi connectivity index (χ2n) is 9.06. The fourth-order valence-electron chi connectivity index (χ4n) is 5.07. The lowest BCUT2D eigenvalue weighted by Crippen LogP contribution is -2.33. The zero-order valence-corrected chi connectivity index (χ0v) is 20.1. The van der Waals surface area contributed by atoms with Gasteiger partial charge < -0.3 is 4.90 Å². The lowest BCUT2D eigenvalue weighted by Gasteiger charge is -2.23. The van der Waals surface area contributed by atoms with Gasteiger partial charge in [0.15, 0.2) is 5.71 Å². The maximum absolute atomic E-state index is 2.39. The van der Waals surface area contributed by atoms with Crippen molar-refractivity contribution in [2.24, 2.45) is 0 Å². The van der Waals surface area contributed by atoms with Gasteiger partial charge in [-0.2, -0.15) is 4.58 Å². The molecule has 3 aromatic carbocycles. The normalized spacial score (nSPS) is 17.8. The van der Waals surface area contributed by atoms with Crippen LogP contribution in [-0.2, 0) is 11.8 Å². The molecule has 4 rings (SSSR count). The summed E-state index contributed by atoms with van der Waals surface area (Å²) in [6.07, 6.45) is 5.57. The fourth-order valence-corrected chi connectivity index (χ4v) is 5.07. The summed E-state index contributed by atoms with van der Waals surface area (Å²) in [4.78, 5) is 2.38. The Bertz CT molecular complexity index is 1140. The van der Waals surface area contributed by atoms with E-state index in [2.05, 4.69) is 129 Å². The van der Waals surface area contributed by atoms with E-state index in [4.69, 9.17) is 0 Å². The van der Waals surface area contributed by atoms with Gasteiger partial charge in [-0.25, -0.2) is 0 Å². The lowest BCUT2D eigenvalue weighted by atomic mass is 9.74. The number of allylic oxidation sites excluding steroid dienone is 1. The lowest BCUT2D eigenvalue weighted by molar-refractivity contribution is -0.401. The monoisotopic (exact) mass is 423 g/mol. The molecule has 1 unspecified atom stereocenters. The molecular formula is C30H35N2+. The van der Waals surface area contributed by atoms with E-state index in [1.165, 1.54) is 39.3 Å². The second kappa shape index (κ2) is 9.16. The molecule has 0 spiro atoms. The van der Waals surface area contributed by atoms with Crippen molar-refractivity contribution in [3.05, 3.63) is 101 Å². The van der Waals surface area contributed by atoms with Crippen LogP contribution in [0.1, 0.15) is 43.0 Å². The number of nitrogens with zero attached hydrogens (tertiary/aromatic N) is 2. The quantitative estimate of drug-likeness (QED) is 0.380. The molecule has 32 heavy (non-hydrogen) atoms. The predicted octanol–water partition coefficient (Wildman–Crippen LogP) is 6.78. The summed E-state index contributed by atoms with van der Waals surface area (Å²) in [5, 5.41) is 0. The van der Waals surface area contributed by atoms with Gasteiger partial charge in [0.05, 0.1) is 5.41 Å². The van der Waals surface area contributed by atoms with Gasteiger partial charge in [0.1, 0.15) is 7.05 Å². The smallest absolute Gasteiger partial charge is 0.209 e. The first-order chi connectivity index (χ1) is 15.5. The zero-order chi connectivity index (χ0) is 22.7. The van der Waals surface area contributed by atoms with Gasteiger partial charge >= 0.3 is 0 Å². The van der Waals surface area contributed by atoms with Crippen molar-refractivity contribution >= 4 is 23.2 Å². The Labute approximate surface area is 193 Å². The van der Waals surface area contributed by atoms with Crippen LogP contribution in [0, 0.1) is 6.92 Å². The van der Waals surface area contributed by atoms with E-state index in [0.717, 1.165) is 19.5 Å². The summed E-state index contributed by atoms with van der Waals surface area (Å²) in [6, 6.07) is 26.6. The number of rotatable bonds is 7. The molecule has 0 saturated heterocycles. The molecule has 0 saturated carbocycles. The summed E-state index contributed by atoms with van der Waals surface area (Å²) < 4.78 is 2.37. The van der Waals surface area contributed by atoms with Crippen molar-refractivity contribution in [2.75, 3.05) is 25.0 Å². The van der Waals surface area contributed by atoms with Crippen LogP contribution in [0.2, 0.25) is 0 Å². The summed E-state index contributed by atoms with van der Waals surface area (Å²) in [7, 11) is 2.20. The molecule has 0 bridgehead atoms. The minimum atomic E-state index is -0.0743. The molecule has 164 valence electrons. The molecule has 2 nitrogen and oxygen atoms in total. The van der Waals surface area contributed by atoms with Gasteiger partial charge in [0, 0.05) is 36.5 Å². The van der Waals surface area contributed by atoms with Crippen LogP contribution in [0.4, 0.5) is 11.4 Å². The van der Waals surface area contributed by atoms with Crippen LogP contribution in [-0.4, -0.2) is 30.4 Å². The van der Waals surface area contributed by atoms with Crippen LogP contribution >= 0.6 is 0 Å². The number of aryl methyl sites for hydroxylation is 1. The highest BCUT2D eigenvalue weighted by Crippen LogP contribution is 2.42. The molecule has 1 heterocycles. The molecule has 0 amide bonds. The number of fused-ring (bicyclic) bond motifs is 1. The van der Waals surface area contributed by atoms with E-state index >= 15 is 0 Å². The number of hydrogen-bond donors (Lipinski definition) is 0. The van der Waals surface area contributed by atoms with Crippen molar-refractivity contribution in [2.45, 2.75) is 39.5 Å². The molecule has 0 radical (unpaired) electrons. The third-order valence-electron chi connectivity index (χ3n) is 6.89. The van der Waals surface area contributed by atoms with Crippen LogP contribution in [0.15, 0.2) is 78.9 Å². The van der Waals surface area contributed by atoms with Gasteiger partial charge in [-0.1, -0.05) is 54.1 Å². The third kappa shape index (κ3) is 4.14. The summed E-state index contributed by atoms with van der Waals surface area (Å²) >= 11 is 0. The summed E-state index contributed by atoms with van der Waals surface area (Å²) in [5.41, 5.74) is 9.20. The molecular weight excluding hydrogens is 388 g/mol.